The number of aromatic nitrogens is 5. The highest BCUT2D eigenvalue weighted by molar-refractivity contribution is 7.99. The Morgan fingerprint density at radius 2 is 1.86 bits per heavy atom. The fourth-order valence-electron chi connectivity index (χ4n) is 5.04. The van der Waals surface area contributed by atoms with Gasteiger partial charge in [-0.05, 0) is 60.5 Å². The molecule has 0 spiro atoms. The maximum absolute atomic E-state index is 13.3. The summed E-state index contributed by atoms with van der Waals surface area (Å²) in [5, 5.41) is 38.7. The Morgan fingerprint density at radius 1 is 1.02 bits per heavy atom. The van der Waals surface area contributed by atoms with Crippen molar-refractivity contribution in [3.63, 3.8) is 0 Å². The van der Waals surface area contributed by atoms with Gasteiger partial charge in [-0.1, -0.05) is 74.5 Å². The molecule has 4 N–H and O–H groups in total. The summed E-state index contributed by atoms with van der Waals surface area (Å²) in [6.45, 7) is 6.70. The largest absolute Gasteiger partial charge is 0.506 e. The topological polar surface area (TPSA) is 139 Å². The van der Waals surface area contributed by atoms with E-state index >= 15 is 0 Å². The summed E-state index contributed by atoms with van der Waals surface area (Å²) in [6.07, 6.45) is 2.83. The minimum Gasteiger partial charge on any atom is -0.506 e. The lowest BCUT2D eigenvalue weighted by atomic mass is 9.87. The first kappa shape index (κ1) is 33.8. The normalized spacial score (nSPS) is 11.5. The molecule has 252 valence electrons. The van der Waals surface area contributed by atoms with Gasteiger partial charge in [0.25, 0.3) is 0 Å². The number of pyridine rings is 1. The number of anilines is 1. The molecule has 0 aliphatic heterocycles. The molecular weight excluding hydrogens is 662 g/mol. The number of aliphatic hydroxyl groups excluding tert-OH is 1. The molecule has 6 aromatic rings. The monoisotopic (exact) mass is 697 g/mol. The SMILES string of the molecule is CCC(C)(C)c1cc(NC(=O)NCc2ccccc2Sc2ccc3nnc(-c4cccc(OCCO)c4)n3c2)n(-c2ccc(O)c(Cl)c2)n1. The zero-order valence-corrected chi connectivity index (χ0v) is 28.8. The van der Waals surface area contributed by atoms with Crippen LogP contribution in [0.1, 0.15) is 38.4 Å². The van der Waals surface area contributed by atoms with Crippen LogP contribution in [0.2, 0.25) is 5.02 Å². The Kier molecular flexibility index (Phi) is 10.1. The van der Waals surface area contributed by atoms with Crippen molar-refractivity contribution < 1.29 is 19.7 Å². The third kappa shape index (κ3) is 7.67. The van der Waals surface area contributed by atoms with Gasteiger partial charge < -0.3 is 20.3 Å². The summed E-state index contributed by atoms with van der Waals surface area (Å²) in [5.74, 6) is 1.74. The van der Waals surface area contributed by atoms with Crippen molar-refractivity contribution in [1.82, 2.24) is 29.7 Å². The number of ether oxygens (including phenoxy) is 1. The van der Waals surface area contributed by atoms with Gasteiger partial charge in [-0.2, -0.15) is 5.10 Å². The summed E-state index contributed by atoms with van der Waals surface area (Å²) in [4.78, 5) is 15.2. The number of nitrogens with zero attached hydrogens (tertiary/aromatic N) is 5. The van der Waals surface area contributed by atoms with E-state index in [1.165, 1.54) is 6.07 Å². The molecule has 0 fully saturated rings. The van der Waals surface area contributed by atoms with Crippen molar-refractivity contribution in [2.45, 2.75) is 48.9 Å². The highest BCUT2D eigenvalue weighted by Gasteiger charge is 2.25. The Hall–Kier alpha value is -5.04. The van der Waals surface area contributed by atoms with Crippen molar-refractivity contribution >= 4 is 40.9 Å². The number of aliphatic hydroxyl groups is 1. The van der Waals surface area contributed by atoms with Gasteiger partial charge in [-0.25, -0.2) is 9.48 Å². The van der Waals surface area contributed by atoms with Crippen LogP contribution in [-0.2, 0) is 12.0 Å². The lowest BCUT2D eigenvalue weighted by molar-refractivity contribution is 0.201. The Morgan fingerprint density at radius 3 is 2.65 bits per heavy atom. The van der Waals surface area contributed by atoms with Gasteiger partial charge in [0, 0.05) is 39.6 Å². The van der Waals surface area contributed by atoms with Gasteiger partial charge in [0.05, 0.1) is 23.0 Å². The zero-order valence-electron chi connectivity index (χ0n) is 27.2. The number of carbonyl (C=O) groups excluding carboxylic acids is 1. The molecule has 0 unspecified atom stereocenters. The average molecular weight is 698 g/mol. The van der Waals surface area contributed by atoms with Crippen molar-refractivity contribution in [1.29, 1.82) is 0 Å². The summed E-state index contributed by atoms with van der Waals surface area (Å²) < 4.78 is 9.14. The van der Waals surface area contributed by atoms with Crippen molar-refractivity contribution in [2.24, 2.45) is 0 Å². The first-order valence-electron chi connectivity index (χ1n) is 15.7. The number of fused-ring (bicyclic) bond motifs is 1. The number of aromatic hydroxyl groups is 1. The number of hydrogen-bond donors (Lipinski definition) is 4. The minimum absolute atomic E-state index is 0.0345. The molecule has 0 atom stereocenters. The van der Waals surface area contributed by atoms with Crippen LogP contribution in [0.3, 0.4) is 0 Å². The van der Waals surface area contributed by atoms with E-state index in [2.05, 4.69) is 41.6 Å². The van der Waals surface area contributed by atoms with Crippen LogP contribution in [0.25, 0.3) is 22.7 Å². The first-order chi connectivity index (χ1) is 23.6. The summed E-state index contributed by atoms with van der Waals surface area (Å²) in [6, 6.07) is 25.6. The van der Waals surface area contributed by atoms with Crippen LogP contribution in [0.4, 0.5) is 10.6 Å². The summed E-state index contributed by atoms with van der Waals surface area (Å²) in [5.41, 5.74) is 3.66. The van der Waals surface area contributed by atoms with Gasteiger partial charge in [0.1, 0.15) is 23.9 Å². The van der Waals surface area contributed by atoms with Crippen LogP contribution < -0.4 is 15.4 Å². The molecule has 0 radical (unpaired) electrons. The molecule has 2 amide bonds. The molecular formula is C36H36ClN7O4S. The van der Waals surface area contributed by atoms with Gasteiger partial charge >= 0.3 is 6.03 Å². The summed E-state index contributed by atoms with van der Waals surface area (Å²) >= 11 is 7.77. The fraction of sp³-hybridized carbons (Fsp3) is 0.222. The second kappa shape index (κ2) is 14.6. The van der Waals surface area contributed by atoms with Crippen molar-refractivity contribution in [3.8, 4) is 28.6 Å². The van der Waals surface area contributed by atoms with E-state index < -0.39 is 6.03 Å². The number of rotatable bonds is 12. The molecule has 49 heavy (non-hydrogen) atoms. The highest BCUT2D eigenvalue weighted by Crippen LogP contribution is 2.33. The molecule has 0 aliphatic carbocycles. The molecule has 3 aromatic carbocycles. The van der Waals surface area contributed by atoms with Crippen LogP contribution in [0.15, 0.2) is 101 Å². The van der Waals surface area contributed by atoms with E-state index in [1.807, 2.05) is 77.3 Å². The fourth-order valence-corrected chi connectivity index (χ4v) is 6.18. The van der Waals surface area contributed by atoms with E-state index in [0.717, 1.165) is 33.0 Å². The van der Waals surface area contributed by atoms with Crippen molar-refractivity contribution in [3.05, 3.63) is 107 Å². The van der Waals surface area contributed by atoms with Crippen molar-refractivity contribution in [2.75, 3.05) is 18.5 Å². The zero-order chi connectivity index (χ0) is 34.5. The first-order valence-corrected chi connectivity index (χ1v) is 16.9. The Labute approximate surface area is 292 Å². The maximum atomic E-state index is 13.3. The number of amides is 2. The molecule has 0 bridgehead atoms. The van der Waals surface area contributed by atoms with Gasteiger partial charge in [0.15, 0.2) is 11.5 Å². The van der Waals surface area contributed by atoms with E-state index in [1.54, 1.807) is 28.6 Å². The van der Waals surface area contributed by atoms with Crippen LogP contribution >= 0.6 is 23.4 Å². The van der Waals surface area contributed by atoms with Gasteiger partial charge in [-0.15, -0.1) is 10.2 Å². The van der Waals surface area contributed by atoms with E-state index in [9.17, 15) is 9.90 Å². The molecule has 3 heterocycles. The second-order valence-corrected chi connectivity index (χ2v) is 13.5. The van der Waals surface area contributed by atoms with E-state index in [4.69, 9.17) is 26.5 Å². The molecule has 11 nitrogen and oxygen atoms in total. The van der Waals surface area contributed by atoms with Crippen LogP contribution in [0, 0.1) is 0 Å². The lowest BCUT2D eigenvalue weighted by Crippen LogP contribution is -2.29. The molecule has 3 aromatic heterocycles. The lowest BCUT2D eigenvalue weighted by Gasteiger charge is -2.19. The average Bonchev–Trinajstić information content (AvgIpc) is 3.73. The molecule has 13 heteroatoms. The number of benzene rings is 3. The third-order valence-electron chi connectivity index (χ3n) is 8.17. The molecule has 0 saturated heterocycles. The predicted octanol–water partition coefficient (Wildman–Crippen LogP) is 7.47. The molecule has 0 aliphatic rings. The smallest absolute Gasteiger partial charge is 0.320 e. The van der Waals surface area contributed by atoms with Gasteiger partial charge in [-0.3, -0.25) is 9.72 Å². The number of phenolic OH excluding ortho intramolecular Hbond substituents is 1. The predicted molar refractivity (Wildman–Crippen MR) is 191 cm³/mol. The second-order valence-electron chi connectivity index (χ2n) is 11.9. The quantitative estimate of drug-likeness (QED) is 0.103. The van der Waals surface area contributed by atoms with Gasteiger partial charge in [0.2, 0.25) is 0 Å². The number of carbonyl (C=O) groups is 1. The van der Waals surface area contributed by atoms with Crippen LogP contribution in [0.5, 0.6) is 11.5 Å². The summed E-state index contributed by atoms with van der Waals surface area (Å²) in [7, 11) is 0. The number of nitrogens with one attached hydrogen (secondary N) is 2. The molecule has 6 rings (SSSR count). The van der Waals surface area contributed by atoms with E-state index in [0.29, 0.717) is 28.7 Å². The highest BCUT2D eigenvalue weighted by atomic mass is 35.5. The number of hydrogen-bond acceptors (Lipinski definition) is 8. The number of phenols is 1. The standard InChI is InChI=1S/C36H36ClN7O4S/c1-4-36(2,3)31-20-33(44(42-31)25-12-14-29(46)28(37)19-25)39-35(47)38-21-24-8-5-6-11-30(24)49-27-13-15-32-40-41-34(43(32)22-27)23-9-7-10-26(18-23)48-17-16-45/h5-15,18-20,22,45-46H,4,16-17,21H2,1-3H3,(H2,38,39,47). The molecule has 0 saturated carbocycles. The van der Waals surface area contributed by atoms with Crippen LogP contribution in [-0.4, -0.2) is 53.8 Å². The third-order valence-corrected chi connectivity index (χ3v) is 9.57. The number of halogens is 1. The Balaban J connectivity index is 1.19. The van der Waals surface area contributed by atoms with E-state index in [-0.39, 0.29) is 35.9 Å². The Bertz CT molecular complexity index is 2110. The maximum Gasteiger partial charge on any atom is 0.320 e. The minimum atomic E-state index is -0.396. The number of urea groups is 1.